The lowest BCUT2D eigenvalue weighted by Crippen LogP contribution is -2.26. The molecule has 12 nitrogen and oxygen atoms in total. The highest BCUT2D eigenvalue weighted by Gasteiger charge is 2.14. The summed E-state index contributed by atoms with van der Waals surface area (Å²) >= 11 is 4.09. The molecule has 1 N–H and O–H groups in total. The molecular formula is C28H34N7O5S+. The summed E-state index contributed by atoms with van der Waals surface area (Å²) in [5, 5.41) is 20.0. The van der Waals surface area contributed by atoms with E-state index < -0.39 is 0 Å². The first-order valence-electron chi connectivity index (χ1n) is 12.8. The normalized spacial score (nSPS) is 11.0. The van der Waals surface area contributed by atoms with Crippen LogP contribution in [0, 0.1) is 4.91 Å². The Bertz CT molecular complexity index is 1370. The number of amides is 1. The van der Waals surface area contributed by atoms with Gasteiger partial charge < -0.3 is 19.7 Å². The highest BCUT2D eigenvalue weighted by atomic mass is 32.1. The number of carbonyl (C=O) groups is 1. The minimum atomic E-state index is 0.0392. The Labute approximate surface area is 244 Å². The minimum absolute atomic E-state index is 0.0392. The number of benzene rings is 3. The zero-order valence-electron chi connectivity index (χ0n) is 23.5. The second-order valence-corrected chi connectivity index (χ2v) is 9.11. The standard InChI is InChI=1S/C28H33N7O5S/c1-34(16-5-6-28(36)29-15-17-41)22-11-7-20(8-12-22)30-32-24-18-27(39-3)25(19-26(24)38-2)33-31-21-9-13-23(14-10-21)35(37)40-4/h7-14,18-19H,5-6,15-17H2,1-4H3,(H-,29,36,41)/p+1. The van der Waals surface area contributed by atoms with Crippen molar-refractivity contribution in [2.24, 2.45) is 20.5 Å². The zero-order valence-corrected chi connectivity index (χ0v) is 24.4. The fourth-order valence-corrected chi connectivity index (χ4v) is 3.77. The monoisotopic (exact) mass is 580 g/mol. The summed E-state index contributed by atoms with van der Waals surface area (Å²) in [4.78, 5) is 30.4. The predicted molar refractivity (Wildman–Crippen MR) is 160 cm³/mol. The second kappa shape index (κ2) is 15.9. The van der Waals surface area contributed by atoms with E-state index >= 15 is 0 Å². The maximum absolute atomic E-state index is 11.8. The number of rotatable bonds is 15. The van der Waals surface area contributed by atoms with Gasteiger partial charge in [-0.2, -0.15) is 22.9 Å². The molecule has 0 radical (unpaired) electrons. The SMILES string of the molecule is COc1cc(N=Nc2ccc([N+](=O)OC)cc2)c(OC)cc1N=Nc1ccc(N(C)CCCC(=O)NCCS)cc1. The van der Waals surface area contributed by atoms with Gasteiger partial charge in [0.15, 0.2) is 7.11 Å². The fraction of sp³-hybridized carbons (Fsp3) is 0.321. The van der Waals surface area contributed by atoms with Crippen molar-refractivity contribution in [1.82, 2.24) is 5.32 Å². The summed E-state index contributed by atoms with van der Waals surface area (Å²) in [6.45, 7) is 1.32. The molecule has 0 bridgehead atoms. The van der Waals surface area contributed by atoms with E-state index in [0.29, 0.717) is 63.6 Å². The Morgan fingerprint density at radius 2 is 1.41 bits per heavy atom. The maximum atomic E-state index is 11.8. The van der Waals surface area contributed by atoms with Gasteiger partial charge in [0.1, 0.15) is 22.9 Å². The van der Waals surface area contributed by atoms with E-state index in [1.165, 1.54) is 21.3 Å². The molecule has 41 heavy (non-hydrogen) atoms. The minimum Gasteiger partial charge on any atom is -0.494 e. The maximum Gasteiger partial charge on any atom is 0.316 e. The molecule has 0 aliphatic heterocycles. The quantitative estimate of drug-likeness (QED) is 0.116. The van der Waals surface area contributed by atoms with E-state index in [1.807, 2.05) is 31.3 Å². The Hall–Kier alpha value is -4.52. The van der Waals surface area contributed by atoms with E-state index in [4.69, 9.17) is 9.47 Å². The van der Waals surface area contributed by atoms with E-state index in [-0.39, 0.29) is 5.91 Å². The molecular weight excluding hydrogens is 546 g/mol. The van der Waals surface area contributed by atoms with Crippen LogP contribution >= 0.6 is 12.6 Å². The molecule has 3 aromatic rings. The van der Waals surface area contributed by atoms with Crippen LogP contribution in [0.25, 0.3) is 0 Å². The van der Waals surface area contributed by atoms with Gasteiger partial charge in [-0.25, -0.2) is 4.84 Å². The number of nitrogens with zero attached hydrogens (tertiary/aromatic N) is 6. The summed E-state index contributed by atoms with van der Waals surface area (Å²) < 4.78 is 11.0. The molecule has 0 aromatic heterocycles. The van der Waals surface area contributed by atoms with E-state index in [1.54, 1.807) is 36.4 Å². The molecule has 0 atom stereocenters. The summed E-state index contributed by atoms with van der Waals surface area (Å²) in [6.07, 6.45) is 1.22. The first-order valence-corrected chi connectivity index (χ1v) is 13.4. The predicted octanol–water partition coefficient (Wildman–Crippen LogP) is 6.77. The van der Waals surface area contributed by atoms with Crippen molar-refractivity contribution in [3.8, 4) is 11.5 Å². The Morgan fingerprint density at radius 1 is 0.878 bits per heavy atom. The number of hydrogen-bond acceptors (Lipinski definition) is 11. The molecule has 0 unspecified atom stereocenters. The molecule has 0 spiro atoms. The molecule has 0 heterocycles. The third-order valence-electron chi connectivity index (χ3n) is 5.87. The number of thiol groups is 1. The number of hydrogen-bond donors (Lipinski definition) is 2. The van der Waals surface area contributed by atoms with Gasteiger partial charge in [-0.1, -0.05) is 0 Å². The molecule has 3 aromatic carbocycles. The lowest BCUT2D eigenvalue weighted by molar-refractivity contribution is -0.736. The van der Waals surface area contributed by atoms with Crippen LogP contribution in [0.15, 0.2) is 81.1 Å². The van der Waals surface area contributed by atoms with Crippen LogP contribution in [0.1, 0.15) is 12.8 Å². The van der Waals surface area contributed by atoms with Gasteiger partial charge in [0.05, 0.1) is 30.5 Å². The molecule has 13 heteroatoms. The Morgan fingerprint density at radius 3 is 1.90 bits per heavy atom. The third-order valence-corrected chi connectivity index (χ3v) is 6.10. The van der Waals surface area contributed by atoms with Crippen molar-refractivity contribution in [2.45, 2.75) is 12.8 Å². The zero-order chi connectivity index (χ0) is 29.6. The van der Waals surface area contributed by atoms with Gasteiger partial charge in [-0.3, -0.25) is 4.79 Å². The van der Waals surface area contributed by atoms with Gasteiger partial charge in [-0.15, -0.1) is 10.2 Å². The third kappa shape index (κ3) is 9.28. The van der Waals surface area contributed by atoms with Crippen LogP contribution in [0.4, 0.5) is 34.1 Å². The van der Waals surface area contributed by atoms with Crippen LogP contribution in [0.2, 0.25) is 0 Å². The lowest BCUT2D eigenvalue weighted by atomic mass is 10.2. The average molecular weight is 581 g/mol. The molecule has 0 fully saturated rings. The summed E-state index contributed by atoms with van der Waals surface area (Å²) in [6, 6.07) is 17.4. The van der Waals surface area contributed by atoms with Gasteiger partial charge >= 0.3 is 5.69 Å². The molecule has 0 aliphatic rings. The summed E-state index contributed by atoms with van der Waals surface area (Å²) in [5.74, 6) is 1.54. The summed E-state index contributed by atoms with van der Waals surface area (Å²) in [5.41, 5.74) is 3.43. The molecule has 0 saturated heterocycles. The van der Waals surface area contributed by atoms with Gasteiger partial charge in [-0.05, 0) is 42.8 Å². The number of nitrogens with one attached hydrogen (secondary N) is 1. The molecule has 3 rings (SSSR count). The number of carbonyl (C=O) groups excluding carboxylic acids is 1. The average Bonchev–Trinajstić information content (AvgIpc) is 3.01. The summed E-state index contributed by atoms with van der Waals surface area (Å²) in [7, 11) is 6.32. The van der Waals surface area contributed by atoms with Gasteiger partial charge in [0.25, 0.3) is 4.92 Å². The molecule has 0 saturated carbocycles. The number of methoxy groups -OCH3 is 2. The lowest BCUT2D eigenvalue weighted by Gasteiger charge is -2.19. The smallest absolute Gasteiger partial charge is 0.316 e. The number of azo groups is 2. The molecule has 0 aliphatic carbocycles. The van der Waals surface area contributed by atoms with Crippen LogP contribution in [-0.2, 0) is 9.63 Å². The first kappa shape index (κ1) is 31.0. The van der Waals surface area contributed by atoms with Crippen LogP contribution in [-0.4, -0.2) is 58.0 Å². The van der Waals surface area contributed by atoms with E-state index in [2.05, 4.69) is 48.1 Å². The van der Waals surface area contributed by atoms with Crippen molar-refractivity contribution < 1.29 is 24.0 Å². The first-order chi connectivity index (χ1) is 19.9. The second-order valence-electron chi connectivity index (χ2n) is 8.67. The highest BCUT2D eigenvalue weighted by Crippen LogP contribution is 2.41. The largest absolute Gasteiger partial charge is 0.494 e. The van der Waals surface area contributed by atoms with Gasteiger partial charge in [0, 0.05) is 62.3 Å². The van der Waals surface area contributed by atoms with Crippen LogP contribution < -0.4 is 19.7 Å². The van der Waals surface area contributed by atoms with Crippen LogP contribution in [0.5, 0.6) is 11.5 Å². The van der Waals surface area contributed by atoms with Crippen LogP contribution in [0.3, 0.4) is 0 Å². The van der Waals surface area contributed by atoms with Crippen molar-refractivity contribution in [1.29, 1.82) is 0 Å². The van der Waals surface area contributed by atoms with E-state index in [9.17, 15) is 9.70 Å². The van der Waals surface area contributed by atoms with Crippen molar-refractivity contribution in [3.05, 3.63) is 65.6 Å². The van der Waals surface area contributed by atoms with Crippen molar-refractivity contribution in [3.63, 3.8) is 0 Å². The Balaban J connectivity index is 1.67. The van der Waals surface area contributed by atoms with Gasteiger partial charge in [0.2, 0.25) is 5.91 Å². The Kier molecular flexibility index (Phi) is 12.0. The number of ether oxygens (including phenoxy) is 2. The highest BCUT2D eigenvalue weighted by molar-refractivity contribution is 7.80. The molecule has 216 valence electrons. The van der Waals surface area contributed by atoms with Crippen molar-refractivity contribution >= 4 is 52.7 Å². The van der Waals surface area contributed by atoms with E-state index in [0.717, 1.165) is 18.7 Å². The topological polar surface area (TPSA) is 130 Å². The fourth-order valence-electron chi connectivity index (χ4n) is 3.65. The van der Waals surface area contributed by atoms with Crippen molar-refractivity contribution in [2.75, 3.05) is 52.1 Å². The number of anilines is 1. The molecule has 1 amide bonds.